The van der Waals surface area contributed by atoms with Crippen LogP contribution in [0.4, 0.5) is 5.69 Å². The zero-order valence-electron chi connectivity index (χ0n) is 10.3. The second-order valence-corrected chi connectivity index (χ2v) is 4.71. The molecule has 0 radical (unpaired) electrons. The summed E-state index contributed by atoms with van der Waals surface area (Å²) >= 11 is 0. The van der Waals surface area contributed by atoms with E-state index in [0.717, 1.165) is 0 Å². The fraction of sp³-hybridized carbons (Fsp3) is 0.462. The topological polar surface area (TPSA) is 55.6 Å². The Labute approximate surface area is 101 Å². The fourth-order valence-corrected chi connectivity index (χ4v) is 1.54. The third-order valence-electron chi connectivity index (χ3n) is 2.84. The lowest BCUT2D eigenvalue weighted by molar-refractivity contribution is 0.0827. The van der Waals surface area contributed by atoms with Crippen LogP contribution in [0.25, 0.3) is 0 Å². The minimum Gasteiger partial charge on any atom is -0.491 e. The molecule has 2 N–H and O–H groups in total. The molecule has 4 heteroatoms. The van der Waals surface area contributed by atoms with Gasteiger partial charge in [-0.2, -0.15) is 0 Å². The van der Waals surface area contributed by atoms with Crippen molar-refractivity contribution < 1.29 is 9.53 Å². The molecule has 1 aliphatic carbocycles. The Morgan fingerprint density at radius 1 is 1.47 bits per heavy atom. The van der Waals surface area contributed by atoms with Crippen LogP contribution in [0.3, 0.4) is 0 Å². The molecule has 0 atom stereocenters. The monoisotopic (exact) mass is 234 g/mol. The molecule has 17 heavy (non-hydrogen) atoms. The van der Waals surface area contributed by atoms with Gasteiger partial charge in [0.25, 0.3) is 5.91 Å². The molecule has 0 bridgehead atoms. The van der Waals surface area contributed by atoms with Gasteiger partial charge >= 0.3 is 0 Å². The van der Waals surface area contributed by atoms with Crippen LogP contribution >= 0.6 is 0 Å². The number of rotatable bonds is 4. The number of amides is 1. The van der Waals surface area contributed by atoms with Gasteiger partial charge in [0.1, 0.15) is 5.75 Å². The van der Waals surface area contributed by atoms with Crippen LogP contribution in [0, 0.1) is 5.92 Å². The highest BCUT2D eigenvalue weighted by atomic mass is 16.5. The number of nitrogens with two attached hydrogens (primary N) is 1. The Hall–Kier alpha value is -1.71. The van der Waals surface area contributed by atoms with Gasteiger partial charge in [0.05, 0.1) is 12.3 Å². The quantitative estimate of drug-likeness (QED) is 0.808. The summed E-state index contributed by atoms with van der Waals surface area (Å²) in [6.45, 7) is 0.698. The van der Waals surface area contributed by atoms with Gasteiger partial charge in [-0.15, -0.1) is 0 Å². The van der Waals surface area contributed by atoms with Crippen molar-refractivity contribution in [2.45, 2.75) is 12.8 Å². The minimum absolute atomic E-state index is 0.0405. The average molecular weight is 234 g/mol. The Bertz CT molecular complexity index is 425. The van der Waals surface area contributed by atoms with Gasteiger partial charge in [-0.05, 0) is 37.0 Å². The van der Waals surface area contributed by atoms with E-state index in [-0.39, 0.29) is 5.91 Å². The van der Waals surface area contributed by atoms with Gasteiger partial charge in [0.15, 0.2) is 0 Å². The summed E-state index contributed by atoms with van der Waals surface area (Å²) in [5, 5.41) is 0. The molecule has 4 nitrogen and oxygen atoms in total. The van der Waals surface area contributed by atoms with Gasteiger partial charge in [0, 0.05) is 19.7 Å². The first kappa shape index (κ1) is 11.8. The number of nitrogens with zero attached hydrogens (tertiary/aromatic N) is 1. The van der Waals surface area contributed by atoms with Crippen molar-refractivity contribution in [1.29, 1.82) is 0 Å². The highest BCUT2D eigenvalue weighted by Crippen LogP contribution is 2.31. The van der Waals surface area contributed by atoms with Gasteiger partial charge in [-0.25, -0.2) is 0 Å². The van der Waals surface area contributed by atoms with E-state index in [1.54, 1.807) is 32.3 Å². The number of hydrogen-bond acceptors (Lipinski definition) is 3. The van der Waals surface area contributed by atoms with E-state index in [1.165, 1.54) is 17.7 Å². The highest BCUT2D eigenvalue weighted by molar-refractivity contribution is 5.94. The second kappa shape index (κ2) is 4.65. The molecule has 2 rings (SSSR count). The van der Waals surface area contributed by atoms with Crippen molar-refractivity contribution >= 4 is 11.6 Å². The maximum absolute atomic E-state index is 11.8. The van der Waals surface area contributed by atoms with E-state index in [1.807, 2.05) is 0 Å². The molecule has 1 amide bonds. The molecule has 1 aromatic rings. The number of ether oxygens (including phenoxy) is 1. The van der Waals surface area contributed by atoms with Crippen molar-refractivity contribution in [2.75, 3.05) is 26.4 Å². The van der Waals surface area contributed by atoms with Crippen LogP contribution in [-0.2, 0) is 0 Å². The summed E-state index contributed by atoms with van der Waals surface area (Å²) in [6.07, 6.45) is 2.46. The maximum Gasteiger partial charge on any atom is 0.253 e. The van der Waals surface area contributed by atoms with Crippen molar-refractivity contribution in [3.8, 4) is 5.75 Å². The molecule has 1 aliphatic rings. The molecule has 0 spiro atoms. The van der Waals surface area contributed by atoms with Crippen LogP contribution in [0.15, 0.2) is 18.2 Å². The normalized spacial score (nSPS) is 14.5. The van der Waals surface area contributed by atoms with E-state index in [2.05, 4.69) is 0 Å². The molecule has 0 heterocycles. The summed E-state index contributed by atoms with van der Waals surface area (Å²) in [5.41, 5.74) is 7.01. The van der Waals surface area contributed by atoms with Crippen LogP contribution < -0.4 is 10.5 Å². The van der Waals surface area contributed by atoms with Crippen LogP contribution in [0.2, 0.25) is 0 Å². The van der Waals surface area contributed by atoms with Gasteiger partial charge in [-0.1, -0.05) is 0 Å². The Balaban J connectivity index is 2.12. The third kappa shape index (κ3) is 2.90. The first-order chi connectivity index (χ1) is 8.08. The first-order valence-corrected chi connectivity index (χ1v) is 5.82. The summed E-state index contributed by atoms with van der Waals surface area (Å²) in [5.74, 6) is 1.24. The molecule has 0 aromatic heterocycles. The molecule has 0 saturated heterocycles. The molecule has 1 saturated carbocycles. The van der Waals surface area contributed by atoms with Crippen LogP contribution in [0.1, 0.15) is 23.2 Å². The third-order valence-corrected chi connectivity index (χ3v) is 2.84. The number of carbonyl (C=O) groups excluding carboxylic acids is 1. The fourth-order valence-electron chi connectivity index (χ4n) is 1.54. The summed E-state index contributed by atoms with van der Waals surface area (Å²) in [4.78, 5) is 13.3. The largest absolute Gasteiger partial charge is 0.491 e. The Morgan fingerprint density at radius 3 is 2.76 bits per heavy atom. The predicted molar refractivity (Wildman–Crippen MR) is 67.1 cm³/mol. The van der Waals surface area contributed by atoms with Crippen LogP contribution in [0.5, 0.6) is 5.75 Å². The van der Waals surface area contributed by atoms with Gasteiger partial charge in [0.2, 0.25) is 0 Å². The van der Waals surface area contributed by atoms with E-state index in [4.69, 9.17) is 10.5 Å². The number of hydrogen-bond donors (Lipinski definition) is 1. The van der Waals surface area contributed by atoms with Gasteiger partial charge < -0.3 is 15.4 Å². The van der Waals surface area contributed by atoms with E-state index in [9.17, 15) is 4.79 Å². The predicted octanol–water partition coefficient (Wildman–Crippen LogP) is 1.76. The smallest absolute Gasteiger partial charge is 0.253 e. The lowest BCUT2D eigenvalue weighted by Gasteiger charge is -2.13. The molecular formula is C13H18N2O2. The Morgan fingerprint density at radius 2 is 2.18 bits per heavy atom. The lowest BCUT2D eigenvalue weighted by atomic mass is 10.1. The minimum atomic E-state index is -0.0405. The summed E-state index contributed by atoms with van der Waals surface area (Å²) < 4.78 is 5.64. The standard InChI is InChI=1S/C13H18N2O2/c1-15(2)13(16)10-5-6-11(14)12(7-10)17-8-9-3-4-9/h5-7,9H,3-4,8,14H2,1-2H3. The number of carbonyl (C=O) groups is 1. The number of benzene rings is 1. The second-order valence-electron chi connectivity index (χ2n) is 4.71. The SMILES string of the molecule is CN(C)C(=O)c1ccc(N)c(OCC2CC2)c1. The zero-order chi connectivity index (χ0) is 12.4. The maximum atomic E-state index is 11.8. The molecular weight excluding hydrogens is 216 g/mol. The van der Waals surface area contributed by atoms with Crippen molar-refractivity contribution in [2.24, 2.45) is 5.92 Å². The molecule has 0 unspecified atom stereocenters. The molecule has 1 aromatic carbocycles. The summed E-state index contributed by atoms with van der Waals surface area (Å²) in [7, 11) is 3.45. The van der Waals surface area contributed by atoms with E-state index < -0.39 is 0 Å². The molecule has 92 valence electrons. The number of nitrogen functional groups attached to an aromatic ring is 1. The zero-order valence-corrected chi connectivity index (χ0v) is 10.3. The molecule has 0 aliphatic heterocycles. The van der Waals surface area contributed by atoms with Crippen molar-refractivity contribution in [3.63, 3.8) is 0 Å². The highest BCUT2D eigenvalue weighted by Gasteiger charge is 2.22. The van der Waals surface area contributed by atoms with Crippen LogP contribution in [-0.4, -0.2) is 31.5 Å². The van der Waals surface area contributed by atoms with E-state index in [0.29, 0.717) is 29.5 Å². The van der Waals surface area contributed by atoms with Crippen molar-refractivity contribution in [3.05, 3.63) is 23.8 Å². The summed E-state index contributed by atoms with van der Waals surface area (Å²) in [6, 6.07) is 5.17. The first-order valence-electron chi connectivity index (χ1n) is 5.82. The lowest BCUT2D eigenvalue weighted by Crippen LogP contribution is -2.21. The Kier molecular flexibility index (Phi) is 3.22. The molecule has 1 fully saturated rings. The number of anilines is 1. The van der Waals surface area contributed by atoms with Crippen molar-refractivity contribution in [1.82, 2.24) is 4.90 Å². The van der Waals surface area contributed by atoms with Gasteiger partial charge in [-0.3, -0.25) is 4.79 Å². The average Bonchev–Trinajstić information content (AvgIpc) is 3.11. The van der Waals surface area contributed by atoms with E-state index >= 15 is 0 Å².